The summed E-state index contributed by atoms with van der Waals surface area (Å²) in [4.78, 5) is 22.3. The summed E-state index contributed by atoms with van der Waals surface area (Å²) in [6.45, 7) is 3.71. The Morgan fingerprint density at radius 3 is 2.60 bits per heavy atom. The van der Waals surface area contributed by atoms with Gasteiger partial charge >= 0.3 is 6.18 Å². The van der Waals surface area contributed by atoms with Crippen molar-refractivity contribution in [2.45, 2.75) is 45.6 Å². The van der Waals surface area contributed by atoms with E-state index in [4.69, 9.17) is 4.98 Å². The summed E-state index contributed by atoms with van der Waals surface area (Å²) >= 11 is 0. The molecule has 0 N–H and O–H groups in total. The Morgan fingerprint density at radius 1 is 1.04 bits per heavy atom. The van der Waals surface area contributed by atoms with Crippen LogP contribution in [-0.4, -0.2) is 53.4 Å². The van der Waals surface area contributed by atoms with Crippen LogP contribution in [0.1, 0.15) is 52.4 Å². The van der Waals surface area contributed by atoms with E-state index in [-0.39, 0.29) is 30.0 Å². The van der Waals surface area contributed by atoms with E-state index in [1.165, 1.54) is 28.2 Å². The summed E-state index contributed by atoms with van der Waals surface area (Å²) < 4.78 is 47.0. The van der Waals surface area contributed by atoms with Gasteiger partial charge in [-0.05, 0) is 84.0 Å². The second kappa shape index (κ2) is 12.9. The van der Waals surface area contributed by atoms with Crippen LogP contribution in [0.3, 0.4) is 0 Å². The summed E-state index contributed by atoms with van der Waals surface area (Å²) in [5.41, 5.74) is 2.63. The quantitative estimate of drug-likeness (QED) is 0.199. The van der Waals surface area contributed by atoms with Crippen LogP contribution in [-0.2, 0) is 32.9 Å². The van der Waals surface area contributed by atoms with E-state index in [2.05, 4.69) is 33.2 Å². The monoisotopic (exact) mass is 676 g/mol. The first-order chi connectivity index (χ1) is 24.0. The fraction of sp³-hybridized carbons (Fsp3) is 0.306. The van der Waals surface area contributed by atoms with Gasteiger partial charge in [-0.25, -0.2) is 4.98 Å². The molecule has 0 bridgehead atoms. The van der Waals surface area contributed by atoms with Gasteiger partial charge in [-0.15, -0.1) is 10.2 Å². The fourth-order valence-corrected chi connectivity index (χ4v) is 6.88. The van der Waals surface area contributed by atoms with Crippen molar-refractivity contribution in [1.82, 2.24) is 34.4 Å². The van der Waals surface area contributed by atoms with E-state index in [0.29, 0.717) is 57.4 Å². The van der Waals surface area contributed by atoms with Gasteiger partial charge in [0.1, 0.15) is 18.7 Å². The third kappa shape index (κ3) is 6.21. The summed E-state index contributed by atoms with van der Waals surface area (Å²) in [5, 5.41) is 31.3. The molecule has 0 spiro atoms. The van der Waals surface area contributed by atoms with Crippen LogP contribution < -0.4 is 4.90 Å². The molecular formula is C36H31F3N10O. The number of carbonyl (C=O) groups excluding carboxylic acids is 1. The number of fused-ring (bicyclic) bond motifs is 1. The highest BCUT2D eigenvalue weighted by atomic mass is 19.4. The number of alkyl halides is 3. The predicted molar refractivity (Wildman–Crippen MR) is 177 cm³/mol. The van der Waals surface area contributed by atoms with E-state index in [0.717, 1.165) is 25.9 Å². The first-order valence-corrected chi connectivity index (χ1v) is 16.1. The van der Waals surface area contributed by atoms with Crippen molar-refractivity contribution in [1.29, 1.82) is 10.5 Å². The fourth-order valence-electron chi connectivity index (χ4n) is 6.88. The second-order valence-corrected chi connectivity index (χ2v) is 12.9. The molecule has 5 aromatic rings. The number of anilines is 1. The highest BCUT2D eigenvalue weighted by molar-refractivity contribution is 6.10. The number of hydrogen-bond acceptors (Lipinski definition) is 8. The van der Waals surface area contributed by atoms with Crippen molar-refractivity contribution in [2.24, 2.45) is 13.0 Å². The van der Waals surface area contributed by atoms with Crippen LogP contribution >= 0.6 is 0 Å². The minimum Gasteiger partial charge on any atom is -0.317 e. The van der Waals surface area contributed by atoms with Crippen LogP contribution in [0.15, 0.2) is 61.2 Å². The Bertz CT molecular complexity index is 2210. The molecule has 1 atom stereocenters. The van der Waals surface area contributed by atoms with Crippen LogP contribution in [0.25, 0.3) is 33.8 Å². The molecule has 50 heavy (non-hydrogen) atoms. The number of halogens is 3. The van der Waals surface area contributed by atoms with Crippen LogP contribution in [0.4, 0.5) is 19.0 Å². The Kier molecular flexibility index (Phi) is 8.41. The standard InChI is InChI=1S/C36H31F3N10O/c1-22-4-3-8-47(17-22)18-24-11-29-30(31(12-24)36(37,38)39)20-49(35(29)50)33-14-25(13-32(44-33)26-16-43-48(19-26)9-7-40)27-6-5-23(15-41)10-28(27)34-45-42-21-46(34)2/h5-6,10-14,16,19,21-22H,3-4,8-9,17-18,20H2,1-2H3/t22-/m0/s1. The number of hydrogen-bond donors (Lipinski definition) is 0. The number of aromatic nitrogens is 6. The van der Waals surface area contributed by atoms with Gasteiger partial charge in [0.25, 0.3) is 5.91 Å². The van der Waals surface area contributed by atoms with Crippen LogP contribution in [0, 0.1) is 28.6 Å². The van der Waals surface area contributed by atoms with Gasteiger partial charge in [-0.2, -0.15) is 28.8 Å². The van der Waals surface area contributed by atoms with Crippen LogP contribution in [0.2, 0.25) is 0 Å². The molecule has 2 aromatic carbocycles. The third-order valence-electron chi connectivity index (χ3n) is 9.22. The van der Waals surface area contributed by atoms with Crippen LogP contribution in [0.5, 0.6) is 0 Å². The lowest BCUT2D eigenvalue weighted by Crippen LogP contribution is -2.33. The van der Waals surface area contributed by atoms with E-state index < -0.39 is 17.6 Å². The maximum atomic E-state index is 14.6. The first kappa shape index (κ1) is 32.7. The topological polar surface area (TPSA) is 133 Å². The van der Waals surface area contributed by atoms with Gasteiger partial charge in [-0.1, -0.05) is 13.0 Å². The summed E-state index contributed by atoms with van der Waals surface area (Å²) in [7, 11) is 1.77. The number of piperidine rings is 1. The molecule has 0 aliphatic carbocycles. The molecule has 5 heterocycles. The number of rotatable bonds is 7. The molecule has 252 valence electrons. The smallest absolute Gasteiger partial charge is 0.317 e. The Hall–Kier alpha value is -5.86. The highest BCUT2D eigenvalue weighted by Gasteiger charge is 2.41. The summed E-state index contributed by atoms with van der Waals surface area (Å²) in [6.07, 6.45) is 2.08. The maximum Gasteiger partial charge on any atom is 0.416 e. The summed E-state index contributed by atoms with van der Waals surface area (Å²) in [6, 6.07) is 15.5. The van der Waals surface area contributed by atoms with Crippen molar-refractivity contribution in [2.75, 3.05) is 18.0 Å². The zero-order valence-corrected chi connectivity index (χ0v) is 27.3. The van der Waals surface area contributed by atoms with E-state index in [9.17, 15) is 28.5 Å². The predicted octanol–water partition coefficient (Wildman–Crippen LogP) is 6.21. The minimum atomic E-state index is -4.67. The highest BCUT2D eigenvalue weighted by Crippen LogP contribution is 2.41. The Balaban J connectivity index is 1.35. The zero-order valence-electron chi connectivity index (χ0n) is 27.3. The number of nitrogens with zero attached hydrogens (tertiary/aromatic N) is 10. The van der Waals surface area contributed by atoms with Crippen molar-refractivity contribution >= 4 is 11.7 Å². The lowest BCUT2D eigenvalue weighted by Gasteiger charge is -2.31. The van der Waals surface area contributed by atoms with E-state index >= 15 is 0 Å². The van der Waals surface area contributed by atoms with Gasteiger partial charge in [0.2, 0.25) is 0 Å². The number of nitriles is 2. The number of pyridine rings is 1. The van der Waals surface area contributed by atoms with Gasteiger partial charge < -0.3 is 4.57 Å². The number of likely N-dealkylation sites (tertiary alicyclic amines) is 1. The largest absolute Gasteiger partial charge is 0.416 e. The zero-order chi connectivity index (χ0) is 35.2. The van der Waals surface area contributed by atoms with Gasteiger partial charge in [0.05, 0.1) is 41.7 Å². The lowest BCUT2D eigenvalue weighted by atomic mass is 9.96. The first-order valence-electron chi connectivity index (χ1n) is 16.1. The molecule has 7 rings (SSSR count). The normalized spacial score (nSPS) is 16.3. The van der Waals surface area contributed by atoms with Crippen molar-refractivity contribution in [3.05, 3.63) is 89.0 Å². The number of amides is 1. The van der Waals surface area contributed by atoms with Crippen molar-refractivity contribution in [3.63, 3.8) is 0 Å². The molecule has 2 aliphatic heterocycles. The van der Waals surface area contributed by atoms with E-state index in [1.54, 1.807) is 54.2 Å². The molecule has 3 aromatic heterocycles. The van der Waals surface area contributed by atoms with Crippen molar-refractivity contribution in [3.8, 4) is 45.9 Å². The van der Waals surface area contributed by atoms with Crippen molar-refractivity contribution < 1.29 is 18.0 Å². The maximum absolute atomic E-state index is 14.6. The molecule has 0 unspecified atom stereocenters. The third-order valence-corrected chi connectivity index (χ3v) is 9.22. The lowest BCUT2D eigenvalue weighted by molar-refractivity contribution is -0.138. The molecule has 0 saturated carbocycles. The minimum absolute atomic E-state index is 0.00269. The van der Waals surface area contributed by atoms with E-state index in [1.807, 2.05) is 6.07 Å². The molecule has 1 fully saturated rings. The van der Waals surface area contributed by atoms with Gasteiger partial charge in [-0.3, -0.25) is 19.3 Å². The Morgan fingerprint density at radius 2 is 1.88 bits per heavy atom. The average molecular weight is 677 g/mol. The SMILES string of the molecule is C[C@H]1CCCN(Cc2cc3c(c(C(F)(F)F)c2)CN(c2cc(-c4ccc(C#N)cc4-c4nncn4C)cc(-c4cnn(CC#N)c4)n2)C3=O)C1. The molecule has 2 aliphatic rings. The Labute approximate surface area is 285 Å². The molecule has 1 saturated heterocycles. The number of aryl methyl sites for hydroxylation is 1. The average Bonchev–Trinajstić information content (AvgIpc) is 3.83. The number of benzene rings is 2. The second-order valence-electron chi connectivity index (χ2n) is 12.9. The van der Waals surface area contributed by atoms with Gasteiger partial charge in [0, 0.05) is 43.0 Å². The van der Waals surface area contributed by atoms with Gasteiger partial charge in [0.15, 0.2) is 5.82 Å². The number of carbonyl (C=O) groups is 1. The molecule has 14 heteroatoms. The summed E-state index contributed by atoms with van der Waals surface area (Å²) in [5.74, 6) is 0.485. The molecular weight excluding hydrogens is 645 g/mol. The molecule has 0 radical (unpaired) electrons. The molecule has 1 amide bonds. The molecule has 11 nitrogen and oxygen atoms in total.